The Morgan fingerprint density at radius 1 is 1.06 bits per heavy atom. The number of hydrogen-bond acceptors (Lipinski definition) is 4. The lowest BCUT2D eigenvalue weighted by Gasteiger charge is -1.97. The second-order valence-electron chi connectivity index (χ2n) is 3.70. The number of aromatic amines is 1. The van der Waals surface area contributed by atoms with Crippen LogP contribution in [0.4, 0.5) is 14.6 Å². The first kappa shape index (κ1) is 10.6. The molecule has 0 unspecified atom stereocenters. The van der Waals surface area contributed by atoms with Gasteiger partial charge < -0.3 is 10.7 Å². The Balaban J connectivity index is 2.22. The number of nitrogens with zero attached hydrogens (tertiary/aromatic N) is 3. The maximum atomic E-state index is 13.1. The number of anilines is 1. The number of nitrogen functional groups attached to an aromatic ring is 1. The van der Waals surface area contributed by atoms with Crippen LogP contribution < -0.4 is 5.73 Å². The topological polar surface area (TPSA) is 80.5 Å². The molecule has 2 heterocycles. The molecule has 90 valence electrons. The summed E-state index contributed by atoms with van der Waals surface area (Å²) in [5.74, 6) is -0.833. The van der Waals surface area contributed by atoms with E-state index in [1.54, 1.807) is 0 Å². The van der Waals surface area contributed by atoms with E-state index in [1.165, 1.54) is 18.5 Å². The lowest BCUT2D eigenvalue weighted by Crippen LogP contribution is -1.91. The van der Waals surface area contributed by atoms with Gasteiger partial charge in [-0.2, -0.15) is 0 Å². The monoisotopic (exact) mass is 247 g/mol. The first-order valence-electron chi connectivity index (χ1n) is 5.06. The molecule has 0 aliphatic rings. The zero-order chi connectivity index (χ0) is 12.7. The third kappa shape index (κ3) is 1.65. The fourth-order valence-corrected chi connectivity index (χ4v) is 1.67. The molecule has 0 amide bonds. The van der Waals surface area contributed by atoms with Crippen LogP contribution in [0.5, 0.6) is 0 Å². The van der Waals surface area contributed by atoms with Crippen LogP contribution in [-0.2, 0) is 0 Å². The van der Waals surface area contributed by atoms with Crippen molar-refractivity contribution < 1.29 is 8.78 Å². The fraction of sp³-hybridized carbons (Fsp3) is 0. The molecular formula is C11H7F2N5. The third-order valence-electron chi connectivity index (χ3n) is 2.45. The van der Waals surface area contributed by atoms with Gasteiger partial charge in [0.05, 0.1) is 0 Å². The Hall–Kier alpha value is -2.57. The van der Waals surface area contributed by atoms with E-state index >= 15 is 0 Å². The van der Waals surface area contributed by atoms with E-state index in [4.69, 9.17) is 5.73 Å². The number of nitrogens with one attached hydrogen (secondary N) is 1. The molecule has 5 nitrogen and oxygen atoms in total. The maximum Gasteiger partial charge on any atom is 0.183 e. The summed E-state index contributed by atoms with van der Waals surface area (Å²) in [6.07, 6.45) is 1.27. The van der Waals surface area contributed by atoms with Crippen molar-refractivity contribution in [3.8, 4) is 11.4 Å². The van der Waals surface area contributed by atoms with Gasteiger partial charge in [0, 0.05) is 11.6 Å². The molecule has 0 aliphatic heterocycles. The molecule has 0 fully saturated rings. The van der Waals surface area contributed by atoms with Gasteiger partial charge >= 0.3 is 0 Å². The number of rotatable bonds is 1. The van der Waals surface area contributed by atoms with E-state index in [-0.39, 0.29) is 17.2 Å². The van der Waals surface area contributed by atoms with Gasteiger partial charge in [-0.1, -0.05) is 0 Å². The summed E-state index contributed by atoms with van der Waals surface area (Å²) in [5.41, 5.74) is 6.71. The van der Waals surface area contributed by atoms with Crippen LogP contribution in [0.25, 0.3) is 22.6 Å². The molecule has 0 saturated heterocycles. The van der Waals surface area contributed by atoms with E-state index < -0.39 is 11.6 Å². The highest BCUT2D eigenvalue weighted by Gasteiger charge is 2.10. The van der Waals surface area contributed by atoms with Gasteiger partial charge in [0.25, 0.3) is 0 Å². The zero-order valence-corrected chi connectivity index (χ0v) is 8.98. The van der Waals surface area contributed by atoms with Gasteiger partial charge in [-0.25, -0.2) is 23.7 Å². The predicted octanol–water partition coefficient (Wildman–Crippen LogP) is 1.88. The zero-order valence-electron chi connectivity index (χ0n) is 8.98. The first-order valence-corrected chi connectivity index (χ1v) is 5.06. The van der Waals surface area contributed by atoms with Crippen LogP contribution in [0, 0.1) is 11.6 Å². The molecular weight excluding hydrogens is 240 g/mol. The minimum Gasteiger partial charge on any atom is -0.382 e. The van der Waals surface area contributed by atoms with Crippen molar-refractivity contribution in [2.24, 2.45) is 0 Å². The van der Waals surface area contributed by atoms with Gasteiger partial charge in [0.1, 0.15) is 29.3 Å². The van der Waals surface area contributed by atoms with E-state index in [1.807, 2.05) is 0 Å². The van der Waals surface area contributed by atoms with Crippen LogP contribution >= 0.6 is 0 Å². The number of aromatic nitrogens is 4. The van der Waals surface area contributed by atoms with E-state index in [0.717, 1.165) is 6.07 Å². The molecule has 0 saturated carbocycles. The Morgan fingerprint density at radius 3 is 2.44 bits per heavy atom. The second kappa shape index (κ2) is 3.73. The van der Waals surface area contributed by atoms with Crippen molar-refractivity contribution >= 4 is 17.0 Å². The number of imidazole rings is 1. The van der Waals surface area contributed by atoms with Crippen molar-refractivity contribution in [2.45, 2.75) is 0 Å². The van der Waals surface area contributed by atoms with Gasteiger partial charge in [0.2, 0.25) is 0 Å². The maximum absolute atomic E-state index is 13.1. The highest BCUT2D eigenvalue weighted by atomic mass is 19.1. The molecule has 1 aromatic carbocycles. The highest BCUT2D eigenvalue weighted by molar-refractivity contribution is 5.84. The van der Waals surface area contributed by atoms with E-state index in [9.17, 15) is 8.78 Å². The molecule has 3 N–H and O–H groups in total. The summed E-state index contributed by atoms with van der Waals surface area (Å²) in [7, 11) is 0. The number of nitrogens with two attached hydrogens (primary N) is 1. The van der Waals surface area contributed by atoms with Crippen molar-refractivity contribution in [3.05, 3.63) is 36.2 Å². The molecule has 18 heavy (non-hydrogen) atoms. The predicted molar refractivity (Wildman–Crippen MR) is 61.4 cm³/mol. The van der Waals surface area contributed by atoms with Gasteiger partial charge in [-0.3, -0.25) is 0 Å². The standard InChI is InChI=1S/C11H7F2N5/c12-6-1-5(2-7(13)3-6)10-17-8-9(14)15-4-16-11(8)18-10/h1-4H,(H3,14,15,16,17,18). The van der Waals surface area contributed by atoms with Crippen LogP contribution in [-0.4, -0.2) is 19.9 Å². The van der Waals surface area contributed by atoms with Crippen LogP contribution in [0.1, 0.15) is 0 Å². The second-order valence-corrected chi connectivity index (χ2v) is 3.70. The molecule has 0 spiro atoms. The van der Waals surface area contributed by atoms with E-state index in [0.29, 0.717) is 11.2 Å². The average molecular weight is 247 g/mol. The fourth-order valence-electron chi connectivity index (χ4n) is 1.67. The first-order chi connectivity index (χ1) is 8.63. The summed E-state index contributed by atoms with van der Waals surface area (Å²) in [6, 6.07) is 3.13. The number of hydrogen-bond donors (Lipinski definition) is 2. The minimum atomic E-state index is -0.676. The molecule has 3 rings (SSSR count). The molecule has 7 heteroatoms. The molecule has 0 bridgehead atoms. The Bertz CT molecular complexity index is 717. The SMILES string of the molecule is Nc1ncnc2nc(-c3cc(F)cc(F)c3)[nH]c12. The average Bonchev–Trinajstić information content (AvgIpc) is 2.73. The van der Waals surface area contributed by atoms with E-state index in [2.05, 4.69) is 19.9 Å². The van der Waals surface area contributed by atoms with Crippen molar-refractivity contribution in [1.82, 2.24) is 19.9 Å². The smallest absolute Gasteiger partial charge is 0.183 e. The number of benzene rings is 1. The lowest BCUT2D eigenvalue weighted by molar-refractivity contribution is 0.584. The van der Waals surface area contributed by atoms with Crippen LogP contribution in [0.3, 0.4) is 0 Å². The molecule has 0 atom stereocenters. The number of H-pyrrole nitrogens is 1. The van der Waals surface area contributed by atoms with Crippen LogP contribution in [0.15, 0.2) is 24.5 Å². The van der Waals surface area contributed by atoms with Gasteiger partial charge in [0.15, 0.2) is 11.5 Å². The summed E-state index contributed by atoms with van der Waals surface area (Å²) >= 11 is 0. The number of fused-ring (bicyclic) bond motifs is 1. The van der Waals surface area contributed by atoms with Crippen molar-refractivity contribution in [1.29, 1.82) is 0 Å². The quantitative estimate of drug-likeness (QED) is 0.688. The summed E-state index contributed by atoms with van der Waals surface area (Å²) < 4.78 is 26.2. The lowest BCUT2D eigenvalue weighted by atomic mass is 10.2. The molecule has 0 aliphatic carbocycles. The molecule has 0 radical (unpaired) electrons. The Labute approximate surface area is 99.7 Å². The Morgan fingerprint density at radius 2 is 1.78 bits per heavy atom. The molecule has 2 aromatic heterocycles. The minimum absolute atomic E-state index is 0.232. The van der Waals surface area contributed by atoms with Gasteiger partial charge in [-0.15, -0.1) is 0 Å². The Kier molecular flexibility index (Phi) is 2.19. The van der Waals surface area contributed by atoms with Gasteiger partial charge in [-0.05, 0) is 12.1 Å². The third-order valence-corrected chi connectivity index (χ3v) is 2.45. The van der Waals surface area contributed by atoms with Crippen molar-refractivity contribution in [2.75, 3.05) is 5.73 Å². The van der Waals surface area contributed by atoms with Crippen molar-refractivity contribution in [3.63, 3.8) is 0 Å². The largest absolute Gasteiger partial charge is 0.382 e. The normalized spacial score (nSPS) is 11.0. The highest BCUT2D eigenvalue weighted by Crippen LogP contribution is 2.22. The molecule has 3 aromatic rings. The number of halogens is 2. The van der Waals surface area contributed by atoms with Crippen LogP contribution in [0.2, 0.25) is 0 Å². The summed E-state index contributed by atoms with van der Waals surface area (Å²) in [4.78, 5) is 14.7. The summed E-state index contributed by atoms with van der Waals surface area (Å²) in [6.45, 7) is 0. The summed E-state index contributed by atoms with van der Waals surface area (Å²) in [5, 5.41) is 0.